The Balaban J connectivity index is 1.61. The molecule has 1 N–H and O–H groups in total. The third-order valence-electron chi connectivity index (χ3n) is 7.27. The number of fused-ring (bicyclic) bond motifs is 1. The summed E-state index contributed by atoms with van der Waals surface area (Å²) in [6.45, 7) is 11.4. The van der Waals surface area contributed by atoms with Gasteiger partial charge in [-0.05, 0) is 60.6 Å². The van der Waals surface area contributed by atoms with E-state index in [0.717, 1.165) is 16.7 Å². The molecule has 11 heteroatoms. The Hall–Kier alpha value is -4.20. The van der Waals surface area contributed by atoms with Gasteiger partial charge in [0.05, 0.1) is 29.6 Å². The van der Waals surface area contributed by atoms with Crippen molar-refractivity contribution in [3.63, 3.8) is 0 Å². The monoisotopic (exact) mass is 599 g/mol. The molecule has 0 saturated carbocycles. The number of benzene rings is 2. The van der Waals surface area contributed by atoms with Gasteiger partial charge >= 0.3 is 6.18 Å². The van der Waals surface area contributed by atoms with Gasteiger partial charge in [-0.15, -0.1) is 0 Å². The van der Waals surface area contributed by atoms with Crippen LogP contribution in [0.2, 0.25) is 0 Å². The maximum absolute atomic E-state index is 14.8. The van der Waals surface area contributed by atoms with Gasteiger partial charge in [-0.2, -0.15) is 18.4 Å². The van der Waals surface area contributed by atoms with Crippen molar-refractivity contribution in [3.05, 3.63) is 88.5 Å². The van der Waals surface area contributed by atoms with E-state index in [0.29, 0.717) is 23.2 Å². The van der Waals surface area contributed by atoms with Gasteiger partial charge in [-0.25, -0.2) is 13.8 Å². The molecule has 0 spiro atoms. The topological polar surface area (TPSA) is 74.0 Å². The lowest BCUT2D eigenvalue weighted by Crippen LogP contribution is -2.43. The number of aromatic nitrogens is 2. The van der Waals surface area contributed by atoms with Crippen molar-refractivity contribution >= 4 is 5.91 Å². The average molecular weight is 600 g/mol. The van der Waals surface area contributed by atoms with Gasteiger partial charge in [0, 0.05) is 36.8 Å². The van der Waals surface area contributed by atoms with Crippen molar-refractivity contribution in [2.24, 2.45) is 5.41 Å². The number of allylic oxidation sites excluding steroid dienone is 1. The molecule has 1 aromatic heterocycles. The fourth-order valence-electron chi connectivity index (χ4n) is 5.33. The standard InChI is InChI=1S/C32H34F5N5O/c1-19-12-26(34)23(14-25(19)33)13-24(39-20(2)16-31(3,4)5)15-28(43)41-10-11-42-27(18-41)29(40-30(42)32(35,36)37)22-8-6-21(17-38)7-9-22/h6-9,12,14,24,39H,2,10-11,13,15-16,18H2,1,3-5H3. The van der Waals surface area contributed by atoms with Gasteiger partial charge in [-0.1, -0.05) is 39.5 Å². The van der Waals surface area contributed by atoms with Crippen LogP contribution in [0.1, 0.15) is 61.8 Å². The average Bonchev–Trinajstić information content (AvgIpc) is 3.30. The molecular formula is C32H34F5N5O. The molecular weight excluding hydrogens is 565 g/mol. The van der Waals surface area contributed by atoms with E-state index in [9.17, 15) is 26.7 Å². The molecule has 228 valence electrons. The summed E-state index contributed by atoms with van der Waals surface area (Å²) < 4.78 is 71.9. The number of carbonyl (C=O) groups excluding carboxylic acids is 1. The highest BCUT2D eigenvalue weighted by Crippen LogP contribution is 2.36. The smallest absolute Gasteiger partial charge is 0.385 e. The quantitative estimate of drug-likeness (QED) is 0.286. The van der Waals surface area contributed by atoms with E-state index in [1.54, 1.807) is 0 Å². The van der Waals surface area contributed by atoms with Gasteiger partial charge in [0.25, 0.3) is 0 Å². The number of rotatable bonds is 8. The number of alkyl halides is 3. The minimum absolute atomic E-state index is 0.00157. The minimum atomic E-state index is -4.71. The second-order valence-corrected chi connectivity index (χ2v) is 12.2. The SMILES string of the molecule is C=C(CC(C)(C)C)NC(CC(=O)N1CCn2c(C(F)(F)F)nc(-c3ccc(C#N)cc3)c2C1)Cc1cc(F)c(C)cc1F. The number of nitrogens with zero attached hydrogens (tertiary/aromatic N) is 4. The van der Waals surface area contributed by atoms with Gasteiger partial charge in [0.15, 0.2) is 0 Å². The fraction of sp³-hybridized carbons (Fsp3) is 0.406. The highest BCUT2D eigenvalue weighted by molar-refractivity contribution is 5.77. The first-order chi connectivity index (χ1) is 20.1. The number of halogens is 5. The van der Waals surface area contributed by atoms with Crippen LogP contribution in [-0.2, 0) is 30.5 Å². The van der Waals surface area contributed by atoms with E-state index in [-0.39, 0.29) is 66.3 Å². The summed E-state index contributed by atoms with van der Waals surface area (Å²) >= 11 is 0. The van der Waals surface area contributed by atoms with Crippen LogP contribution in [0, 0.1) is 35.3 Å². The Morgan fingerprint density at radius 1 is 1.12 bits per heavy atom. The zero-order chi connectivity index (χ0) is 31.7. The van der Waals surface area contributed by atoms with E-state index in [4.69, 9.17) is 5.26 Å². The summed E-state index contributed by atoms with van der Waals surface area (Å²) in [7, 11) is 0. The summed E-state index contributed by atoms with van der Waals surface area (Å²) in [5.74, 6) is -2.56. The molecule has 1 amide bonds. The van der Waals surface area contributed by atoms with Crippen LogP contribution in [0.15, 0.2) is 48.7 Å². The summed E-state index contributed by atoms with van der Waals surface area (Å²) in [5, 5.41) is 12.3. The zero-order valence-corrected chi connectivity index (χ0v) is 24.6. The predicted octanol–water partition coefficient (Wildman–Crippen LogP) is 6.91. The summed E-state index contributed by atoms with van der Waals surface area (Å²) in [6, 6.07) is 9.61. The summed E-state index contributed by atoms with van der Waals surface area (Å²) in [5.41, 5.74) is 1.83. The second-order valence-electron chi connectivity index (χ2n) is 12.2. The molecule has 1 unspecified atom stereocenters. The van der Waals surface area contributed by atoms with Crippen molar-refractivity contribution in [1.29, 1.82) is 5.26 Å². The molecule has 43 heavy (non-hydrogen) atoms. The van der Waals surface area contributed by atoms with Crippen molar-refractivity contribution in [2.75, 3.05) is 6.54 Å². The number of amides is 1. The maximum Gasteiger partial charge on any atom is 0.449 e. The van der Waals surface area contributed by atoms with Crippen LogP contribution in [-0.4, -0.2) is 32.9 Å². The van der Waals surface area contributed by atoms with Crippen LogP contribution in [0.4, 0.5) is 22.0 Å². The number of aryl methyl sites for hydroxylation is 1. The van der Waals surface area contributed by atoms with E-state index in [1.165, 1.54) is 36.1 Å². The molecule has 0 radical (unpaired) electrons. The number of carbonyl (C=O) groups is 1. The van der Waals surface area contributed by atoms with Gasteiger partial charge in [-0.3, -0.25) is 4.79 Å². The molecule has 0 bridgehead atoms. The molecule has 2 heterocycles. The van der Waals surface area contributed by atoms with Crippen LogP contribution in [0.5, 0.6) is 0 Å². The van der Waals surface area contributed by atoms with Crippen molar-refractivity contribution in [1.82, 2.24) is 19.8 Å². The molecule has 0 saturated heterocycles. The van der Waals surface area contributed by atoms with E-state index in [1.807, 2.05) is 26.8 Å². The molecule has 2 aromatic carbocycles. The molecule has 1 aliphatic rings. The Kier molecular flexibility index (Phi) is 9.00. The van der Waals surface area contributed by atoms with Gasteiger partial charge < -0.3 is 14.8 Å². The van der Waals surface area contributed by atoms with Gasteiger partial charge in [0.2, 0.25) is 11.7 Å². The number of nitrogens with one attached hydrogen (secondary N) is 1. The molecule has 0 aliphatic carbocycles. The van der Waals surface area contributed by atoms with Gasteiger partial charge in [0.1, 0.15) is 11.6 Å². The number of hydrogen-bond donors (Lipinski definition) is 1. The molecule has 1 atom stereocenters. The normalized spacial score (nSPS) is 14.2. The Bertz CT molecular complexity index is 1560. The minimum Gasteiger partial charge on any atom is -0.385 e. The lowest BCUT2D eigenvalue weighted by Gasteiger charge is -2.32. The summed E-state index contributed by atoms with van der Waals surface area (Å²) in [6.07, 6.45) is -4.26. The van der Waals surface area contributed by atoms with Crippen LogP contribution < -0.4 is 5.32 Å². The van der Waals surface area contributed by atoms with Crippen LogP contribution in [0.3, 0.4) is 0 Å². The zero-order valence-electron chi connectivity index (χ0n) is 24.6. The Morgan fingerprint density at radius 2 is 1.79 bits per heavy atom. The second kappa shape index (κ2) is 12.2. The lowest BCUT2D eigenvalue weighted by atomic mass is 9.90. The van der Waals surface area contributed by atoms with Crippen molar-refractivity contribution < 1.29 is 26.7 Å². The number of nitriles is 1. The molecule has 3 aromatic rings. The third kappa shape index (κ3) is 7.61. The van der Waals surface area contributed by atoms with E-state index < -0.39 is 29.7 Å². The highest BCUT2D eigenvalue weighted by Gasteiger charge is 2.41. The third-order valence-corrected chi connectivity index (χ3v) is 7.27. The Morgan fingerprint density at radius 3 is 2.40 bits per heavy atom. The fourth-order valence-corrected chi connectivity index (χ4v) is 5.33. The van der Waals surface area contributed by atoms with Crippen molar-refractivity contribution in [3.8, 4) is 17.3 Å². The molecule has 6 nitrogen and oxygen atoms in total. The highest BCUT2D eigenvalue weighted by atomic mass is 19.4. The largest absolute Gasteiger partial charge is 0.449 e. The van der Waals surface area contributed by atoms with E-state index in [2.05, 4.69) is 16.9 Å². The number of imidazole rings is 1. The first-order valence-corrected chi connectivity index (χ1v) is 13.9. The van der Waals surface area contributed by atoms with Crippen molar-refractivity contribution in [2.45, 2.75) is 72.3 Å². The molecule has 1 aliphatic heterocycles. The summed E-state index contributed by atoms with van der Waals surface area (Å²) in [4.78, 5) is 19.0. The molecule has 4 rings (SSSR count). The van der Waals surface area contributed by atoms with Crippen LogP contribution in [0.25, 0.3) is 11.3 Å². The Labute approximate surface area is 247 Å². The number of hydrogen-bond acceptors (Lipinski definition) is 4. The van der Waals surface area contributed by atoms with E-state index >= 15 is 0 Å². The first-order valence-electron chi connectivity index (χ1n) is 13.9. The first kappa shape index (κ1) is 31.7. The van der Waals surface area contributed by atoms with Crippen LogP contribution >= 0.6 is 0 Å². The predicted molar refractivity (Wildman–Crippen MR) is 152 cm³/mol. The maximum atomic E-state index is 14.8. The lowest BCUT2D eigenvalue weighted by molar-refractivity contribution is -0.148. The molecule has 0 fully saturated rings.